The second kappa shape index (κ2) is 10.5. The Morgan fingerprint density at radius 1 is 0.923 bits per heavy atom. The zero-order chi connectivity index (χ0) is 20.6. The third kappa shape index (κ3) is 11.1. The maximum atomic E-state index is 12.4. The Morgan fingerprint density at radius 3 is 2.00 bits per heavy atom. The number of amides is 2. The first-order valence-corrected chi connectivity index (χ1v) is 10.6. The van der Waals surface area contributed by atoms with Crippen LogP contribution in [0.15, 0.2) is 0 Å². The Hall–Kier alpha value is -0.750. The molecular formula is C20H41N3O2S. The molecule has 0 rings (SSSR count). The average Bonchev–Trinajstić information content (AvgIpc) is 2.46. The van der Waals surface area contributed by atoms with Gasteiger partial charge < -0.3 is 15.5 Å². The highest BCUT2D eigenvalue weighted by Crippen LogP contribution is 2.24. The Bertz CT molecular complexity index is 451. The SMILES string of the molecule is CN(CCNCCCCSC(C)(C)C)C(=O)NC(C)(C)C(=O)C(C)(C)C. The minimum absolute atomic E-state index is 0.0259. The first kappa shape index (κ1) is 25.2. The fourth-order valence-electron chi connectivity index (χ4n) is 2.56. The second-order valence-corrected chi connectivity index (χ2v) is 11.4. The third-order valence-corrected chi connectivity index (χ3v) is 5.28. The van der Waals surface area contributed by atoms with Crippen molar-refractivity contribution in [2.45, 2.75) is 78.5 Å². The van der Waals surface area contributed by atoms with Crippen LogP contribution >= 0.6 is 11.8 Å². The van der Waals surface area contributed by atoms with Crippen LogP contribution in [0, 0.1) is 5.41 Å². The summed E-state index contributed by atoms with van der Waals surface area (Å²) in [6.45, 7) is 18.2. The fraction of sp³-hybridized carbons (Fsp3) is 0.900. The van der Waals surface area contributed by atoms with Crippen LogP contribution in [0.3, 0.4) is 0 Å². The largest absolute Gasteiger partial charge is 0.327 e. The summed E-state index contributed by atoms with van der Waals surface area (Å²) >= 11 is 2.00. The third-order valence-electron chi connectivity index (χ3n) is 3.92. The van der Waals surface area contributed by atoms with Crippen LogP contribution in [0.25, 0.3) is 0 Å². The van der Waals surface area contributed by atoms with E-state index in [2.05, 4.69) is 31.4 Å². The van der Waals surface area contributed by atoms with Crippen LogP contribution < -0.4 is 10.6 Å². The van der Waals surface area contributed by atoms with E-state index >= 15 is 0 Å². The molecule has 2 N–H and O–H groups in total. The highest BCUT2D eigenvalue weighted by molar-refractivity contribution is 8.00. The number of ketones is 1. The summed E-state index contributed by atoms with van der Waals surface area (Å²) in [6.07, 6.45) is 2.35. The van der Waals surface area contributed by atoms with Crippen molar-refractivity contribution in [1.29, 1.82) is 0 Å². The van der Waals surface area contributed by atoms with Crippen LogP contribution in [0.2, 0.25) is 0 Å². The van der Waals surface area contributed by atoms with E-state index in [9.17, 15) is 9.59 Å². The number of carbonyl (C=O) groups is 2. The standard InChI is InChI=1S/C20H41N3O2S/c1-18(2,3)16(24)20(7,8)22-17(25)23(9)14-13-21-12-10-11-15-26-19(4,5)6/h21H,10-15H2,1-9H3,(H,22,25). The molecule has 2 amide bonds. The first-order valence-electron chi connectivity index (χ1n) is 9.60. The van der Waals surface area contributed by atoms with Gasteiger partial charge in [-0.15, -0.1) is 0 Å². The molecule has 0 unspecified atom stereocenters. The van der Waals surface area contributed by atoms with Gasteiger partial charge in [-0.05, 0) is 39.0 Å². The monoisotopic (exact) mass is 387 g/mol. The lowest BCUT2D eigenvalue weighted by molar-refractivity contribution is -0.131. The number of unbranched alkanes of at least 4 members (excludes halogenated alkanes) is 1. The molecule has 0 bridgehead atoms. The number of rotatable bonds is 10. The lowest BCUT2D eigenvalue weighted by atomic mass is 9.80. The van der Waals surface area contributed by atoms with Gasteiger partial charge in [0.05, 0.1) is 5.54 Å². The summed E-state index contributed by atoms with van der Waals surface area (Å²) < 4.78 is 0.339. The number of nitrogens with one attached hydrogen (secondary N) is 2. The number of Topliss-reactive ketones (excluding diaryl/α,β-unsaturated/α-hetero) is 1. The van der Waals surface area contributed by atoms with Crippen molar-refractivity contribution in [1.82, 2.24) is 15.5 Å². The molecule has 0 aliphatic rings. The number of urea groups is 1. The fourth-order valence-corrected chi connectivity index (χ4v) is 3.52. The molecule has 0 aliphatic carbocycles. The van der Waals surface area contributed by atoms with E-state index in [1.54, 1.807) is 25.8 Å². The molecule has 26 heavy (non-hydrogen) atoms. The van der Waals surface area contributed by atoms with E-state index in [4.69, 9.17) is 0 Å². The van der Waals surface area contributed by atoms with Crippen molar-refractivity contribution >= 4 is 23.6 Å². The molecule has 0 aromatic heterocycles. The van der Waals surface area contributed by atoms with Crippen molar-refractivity contribution in [2.75, 3.05) is 32.4 Å². The zero-order valence-electron chi connectivity index (χ0n) is 18.4. The number of thioether (sulfide) groups is 1. The average molecular weight is 388 g/mol. The Labute approximate surface area is 165 Å². The maximum absolute atomic E-state index is 12.4. The van der Waals surface area contributed by atoms with Gasteiger partial charge in [-0.1, -0.05) is 41.5 Å². The predicted octanol–water partition coefficient (Wildman–Crippen LogP) is 3.92. The van der Waals surface area contributed by atoms with E-state index in [0.717, 1.165) is 19.5 Å². The molecule has 6 heteroatoms. The van der Waals surface area contributed by atoms with Crippen LogP contribution in [0.1, 0.15) is 68.2 Å². The lowest BCUT2D eigenvalue weighted by Crippen LogP contribution is -2.57. The summed E-state index contributed by atoms with van der Waals surface area (Å²) in [4.78, 5) is 26.4. The molecule has 0 heterocycles. The van der Waals surface area contributed by atoms with E-state index in [1.165, 1.54) is 12.2 Å². The van der Waals surface area contributed by atoms with Gasteiger partial charge in [0, 0.05) is 30.3 Å². The van der Waals surface area contributed by atoms with Gasteiger partial charge in [-0.25, -0.2) is 4.79 Å². The Kier molecular flexibility index (Phi) is 10.2. The quantitative estimate of drug-likeness (QED) is 0.558. The molecule has 0 aromatic carbocycles. The molecule has 0 fully saturated rings. The summed E-state index contributed by atoms with van der Waals surface area (Å²) in [5, 5.41) is 6.23. The lowest BCUT2D eigenvalue weighted by Gasteiger charge is -2.33. The predicted molar refractivity (Wildman–Crippen MR) is 114 cm³/mol. The topological polar surface area (TPSA) is 61.4 Å². The van der Waals surface area contributed by atoms with Crippen LogP contribution in [0.5, 0.6) is 0 Å². The van der Waals surface area contributed by atoms with Gasteiger partial charge in [-0.2, -0.15) is 11.8 Å². The van der Waals surface area contributed by atoms with Crippen molar-refractivity contribution in [3.63, 3.8) is 0 Å². The van der Waals surface area contributed by atoms with E-state index in [-0.39, 0.29) is 11.8 Å². The highest BCUT2D eigenvalue weighted by atomic mass is 32.2. The molecule has 0 radical (unpaired) electrons. The smallest absolute Gasteiger partial charge is 0.317 e. The van der Waals surface area contributed by atoms with E-state index in [1.807, 2.05) is 32.5 Å². The Morgan fingerprint density at radius 2 is 1.50 bits per heavy atom. The van der Waals surface area contributed by atoms with Gasteiger partial charge in [0.2, 0.25) is 0 Å². The van der Waals surface area contributed by atoms with Crippen molar-refractivity contribution in [2.24, 2.45) is 5.41 Å². The highest BCUT2D eigenvalue weighted by Gasteiger charge is 2.37. The van der Waals surface area contributed by atoms with Crippen molar-refractivity contribution < 1.29 is 9.59 Å². The summed E-state index contributed by atoms with van der Waals surface area (Å²) in [7, 11) is 1.76. The number of hydrogen-bond donors (Lipinski definition) is 2. The van der Waals surface area contributed by atoms with E-state index in [0.29, 0.717) is 11.3 Å². The summed E-state index contributed by atoms with van der Waals surface area (Å²) in [6, 6.07) is -0.212. The first-order chi connectivity index (χ1) is 11.7. The van der Waals surface area contributed by atoms with Gasteiger partial charge >= 0.3 is 6.03 Å². The van der Waals surface area contributed by atoms with Crippen LogP contribution in [-0.4, -0.2) is 59.4 Å². The van der Waals surface area contributed by atoms with Crippen LogP contribution in [-0.2, 0) is 4.79 Å². The molecule has 0 aliphatic heterocycles. The normalized spacial score (nSPS) is 12.8. The van der Waals surface area contributed by atoms with Crippen molar-refractivity contribution in [3.05, 3.63) is 0 Å². The second-order valence-electron chi connectivity index (χ2n) is 9.47. The number of hydrogen-bond acceptors (Lipinski definition) is 4. The summed E-state index contributed by atoms with van der Waals surface area (Å²) in [5.41, 5.74) is -1.36. The summed E-state index contributed by atoms with van der Waals surface area (Å²) in [5.74, 6) is 1.21. The minimum Gasteiger partial charge on any atom is -0.327 e. The molecule has 154 valence electrons. The van der Waals surface area contributed by atoms with Crippen molar-refractivity contribution in [3.8, 4) is 0 Å². The molecule has 0 atom stereocenters. The van der Waals surface area contributed by atoms with Gasteiger partial charge in [-0.3, -0.25) is 4.79 Å². The molecule has 0 spiro atoms. The number of likely N-dealkylation sites (N-methyl/N-ethyl adjacent to an activating group) is 1. The molecule has 0 aromatic rings. The molecule has 0 saturated carbocycles. The maximum Gasteiger partial charge on any atom is 0.317 e. The van der Waals surface area contributed by atoms with E-state index < -0.39 is 11.0 Å². The molecule has 0 saturated heterocycles. The van der Waals surface area contributed by atoms with Crippen LogP contribution in [0.4, 0.5) is 4.79 Å². The minimum atomic E-state index is -0.873. The van der Waals surface area contributed by atoms with Gasteiger partial charge in [0.15, 0.2) is 5.78 Å². The molecule has 5 nitrogen and oxygen atoms in total. The van der Waals surface area contributed by atoms with Gasteiger partial charge in [0.25, 0.3) is 0 Å². The number of nitrogens with zero attached hydrogens (tertiary/aromatic N) is 1. The molecular weight excluding hydrogens is 346 g/mol. The Balaban J connectivity index is 4.02. The number of carbonyl (C=O) groups excluding carboxylic acids is 2. The zero-order valence-corrected chi connectivity index (χ0v) is 19.2. The van der Waals surface area contributed by atoms with Gasteiger partial charge in [0.1, 0.15) is 0 Å².